The van der Waals surface area contributed by atoms with Gasteiger partial charge >= 0.3 is 178 Å². The molecule has 2 atom stereocenters. The summed E-state index contributed by atoms with van der Waals surface area (Å²) < 4.78 is 46.2. The second-order valence-electron chi connectivity index (χ2n) is 9.14. The summed E-state index contributed by atoms with van der Waals surface area (Å²) in [6.45, 7) is 4.36. The van der Waals surface area contributed by atoms with Crippen molar-refractivity contribution in [3.8, 4) is 0 Å². The molecule has 1 unspecified atom stereocenters. The van der Waals surface area contributed by atoms with Gasteiger partial charge in [0.1, 0.15) is 0 Å². The molecule has 0 spiro atoms. The van der Waals surface area contributed by atoms with E-state index in [9.17, 15) is 18.3 Å². The second-order valence-corrected chi connectivity index (χ2v) is 15.1. The molecule has 2 aromatic heterocycles. The molecule has 0 radical (unpaired) electrons. The number of aryl methyl sites for hydroxylation is 2. The third kappa shape index (κ3) is 5.26. The third-order valence-corrected chi connectivity index (χ3v) is 11.2. The molecule has 35 heavy (non-hydrogen) atoms. The number of pyridine rings is 1. The molecule has 10 heteroatoms. The Balaban J connectivity index is 1.42. The van der Waals surface area contributed by atoms with Crippen LogP contribution in [0.1, 0.15) is 49.6 Å². The van der Waals surface area contributed by atoms with Crippen LogP contribution in [0.4, 0.5) is 18.9 Å². The molecule has 2 aliphatic rings. The summed E-state index contributed by atoms with van der Waals surface area (Å²) in [7, 11) is 0. The van der Waals surface area contributed by atoms with Crippen LogP contribution in [0.25, 0.3) is 10.9 Å². The second kappa shape index (κ2) is 9.59. The molecule has 1 N–H and O–H groups in total. The van der Waals surface area contributed by atoms with Crippen molar-refractivity contribution in [2.45, 2.75) is 64.3 Å². The van der Waals surface area contributed by atoms with Crippen molar-refractivity contribution in [2.75, 3.05) is 14.2 Å². The normalized spacial score (nSPS) is 22.0. The Labute approximate surface area is 209 Å². The predicted molar refractivity (Wildman–Crippen MR) is 138 cm³/mol. The van der Waals surface area contributed by atoms with Gasteiger partial charge in [-0.25, -0.2) is 0 Å². The molecule has 1 saturated carbocycles. The summed E-state index contributed by atoms with van der Waals surface area (Å²) in [6, 6.07) is 6.62. The van der Waals surface area contributed by atoms with Crippen LogP contribution in [0.5, 0.6) is 0 Å². The molecule has 3 heterocycles. The average molecular weight is 598 g/mol. The molecular weight excluding hydrogens is 570 g/mol. The van der Waals surface area contributed by atoms with Gasteiger partial charge in [0, 0.05) is 6.54 Å². The van der Waals surface area contributed by atoms with Crippen LogP contribution in [0, 0.1) is 10.5 Å². The van der Waals surface area contributed by atoms with Gasteiger partial charge in [-0.2, -0.15) is 5.10 Å². The summed E-state index contributed by atoms with van der Waals surface area (Å²) >= 11 is -1.07. The fourth-order valence-corrected chi connectivity index (χ4v) is 9.00. The SMILES string of the molecule is CCn1ncc(C)c1C([O-])=NC1CCC[C@H](Nc2cc(C(F)(F)F)nc3ccc(I4CC4)cc23)C1. The van der Waals surface area contributed by atoms with Crippen molar-refractivity contribution in [3.05, 3.63) is 51.0 Å². The summed E-state index contributed by atoms with van der Waals surface area (Å²) in [5.74, 6) is -0.277. The first-order valence-electron chi connectivity index (χ1n) is 11.9. The Hall–Kier alpha value is -2.37. The van der Waals surface area contributed by atoms with E-state index in [0.29, 0.717) is 29.9 Å². The van der Waals surface area contributed by atoms with Gasteiger partial charge in [-0.15, -0.1) is 0 Å². The van der Waals surface area contributed by atoms with Gasteiger partial charge in [0.2, 0.25) is 0 Å². The summed E-state index contributed by atoms with van der Waals surface area (Å²) in [5, 5.41) is 21.3. The van der Waals surface area contributed by atoms with Gasteiger partial charge in [0.05, 0.1) is 6.20 Å². The number of fused-ring (bicyclic) bond motifs is 1. The molecule has 1 saturated heterocycles. The molecule has 188 valence electrons. The monoisotopic (exact) mass is 598 g/mol. The van der Waals surface area contributed by atoms with E-state index in [2.05, 4.69) is 20.4 Å². The molecule has 5 rings (SSSR count). The number of benzene rings is 1. The first kappa shape index (κ1) is 24.3. The van der Waals surface area contributed by atoms with Crippen LogP contribution in [-0.2, 0) is 12.7 Å². The maximum absolute atomic E-state index is 13.6. The van der Waals surface area contributed by atoms with E-state index in [1.54, 1.807) is 16.9 Å². The molecule has 1 aliphatic heterocycles. The van der Waals surface area contributed by atoms with E-state index in [0.717, 1.165) is 36.3 Å². The zero-order valence-corrected chi connectivity index (χ0v) is 21.9. The molecule has 1 aliphatic carbocycles. The minimum atomic E-state index is -4.52. The molecule has 0 amide bonds. The van der Waals surface area contributed by atoms with Crippen LogP contribution in [0.15, 0.2) is 35.5 Å². The summed E-state index contributed by atoms with van der Waals surface area (Å²) in [6.07, 6.45) is 0.188. The Morgan fingerprint density at radius 3 is 2.77 bits per heavy atom. The molecule has 2 fully saturated rings. The predicted octanol–water partition coefficient (Wildman–Crippen LogP) is 5.00. The zero-order chi connectivity index (χ0) is 24.7. The molecular formula is C25H28F3IN5O-. The van der Waals surface area contributed by atoms with E-state index in [1.807, 2.05) is 26.0 Å². The van der Waals surface area contributed by atoms with Crippen LogP contribution in [-0.4, -0.2) is 41.6 Å². The van der Waals surface area contributed by atoms with Crippen LogP contribution in [0.3, 0.4) is 0 Å². The van der Waals surface area contributed by atoms with Crippen molar-refractivity contribution in [2.24, 2.45) is 4.99 Å². The first-order chi connectivity index (χ1) is 16.7. The third-order valence-electron chi connectivity index (χ3n) is 6.58. The quantitative estimate of drug-likeness (QED) is 0.188. The van der Waals surface area contributed by atoms with Crippen molar-refractivity contribution in [1.29, 1.82) is 0 Å². The molecule has 1 aromatic carbocycles. The van der Waals surface area contributed by atoms with Crippen molar-refractivity contribution in [3.63, 3.8) is 0 Å². The number of aliphatic imine (C=N–C) groups is 1. The van der Waals surface area contributed by atoms with Gasteiger partial charge in [-0.1, -0.05) is 0 Å². The zero-order valence-electron chi connectivity index (χ0n) is 19.7. The van der Waals surface area contributed by atoms with E-state index in [-0.39, 0.29) is 18.0 Å². The number of nitrogens with zero attached hydrogens (tertiary/aromatic N) is 4. The van der Waals surface area contributed by atoms with E-state index >= 15 is 0 Å². The van der Waals surface area contributed by atoms with Crippen LogP contribution in [0.2, 0.25) is 0 Å². The van der Waals surface area contributed by atoms with Gasteiger partial charge in [0.15, 0.2) is 0 Å². The maximum atomic E-state index is 13.6. The number of nitrogens with one attached hydrogen (secondary N) is 1. The van der Waals surface area contributed by atoms with Crippen molar-refractivity contribution in [1.82, 2.24) is 14.8 Å². The van der Waals surface area contributed by atoms with Crippen molar-refractivity contribution < 1.29 is 18.3 Å². The molecule has 3 aromatic rings. The van der Waals surface area contributed by atoms with Gasteiger partial charge in [-0.05, 0) is 13.8 Å². The van der Waals surface area contributed by atoms with E-state index < -0.39 is 31.7 Å². The number of hydrogen-bond acceptors (Lipinski definition) is 5. The Morgan fingerprint density at radius 1 is 1.26 bits per heavy atom. The minimum absolute atomic E-state index is 0.0717. The topological polar surface area (TPSA) is 78.2 Å². The number of halogens is 4. The summed E-state index contributed by atoms with van der Waals surface area (Å²) in [5.41, 5.74) is 1.25. The van der Waals surface area contributed by atoms with Gasteiger partial charge in [-0.3, -0.25) is 0 Å². The number of hydrogen-bond donors (Lipinski definition) is 1. The number of anilines is 1. The van der Waals surface area contributed by atoms with Gasteiger partial charge in [0.25, 0.3) is 0 Å². The Bertz CT molecular complexity index is 1270. The van der Waals surface area contributed by atoms with E-state index in [1.165, 1.54) is 12.4 Å². The summed E-state index contributed by atoms with van der Waals surface area (Å²) in [4.78, 5) is 8.39. The Morgan fingerprint density at radius 2 is 2.06 bits per heavy atom. The molecule has 6 nitrogen and oxygen atoms in total. The first-order valence-corrected chi connectivity index (χ1v) is 16.0. The van der Waals surface area contributed by atoms with Crippen molar-refractivity contribution >= 4 is 42.3 Å². The standard InChI is InChI=1S/C25H29F3IN5O/c1-3-34-23(15(2)14-30-34)24(35)32-18-6-4-5-17(12-18)31-21-13-22(25(26,27)28)33-20-8-7-16(11-19(20)21)29-9-10-29/h7-8,11,13-14,17-18H,3-6,9-10,12H2,1-2H3,(H,31,33)(H,32,35)/p-1/t17-,18?/m0/s1. The Kier molecular flexibility index (Phi) is 6.67. The fraction of sp³-hybridized carbons (Fsp3) is 0.480. The number of rotatable bonds is 6. The van der Waals surface area contributed by atoms with E-state index in [4.69, 9.17) is 0 Å². The van der Waals surface area contributed by atoms with Gasteiger partial charge < -0.3 is 0 Å². The van der Waals surface area contributed by atoms with Crippen LogP contribution >= 0.6 is 19.8 Å². The molecule has 0 bridgehead atoms. The number of aromatic nitrogens is 3. The fourth-order valence-electron chi connectivity index (χ4n) is 4.74. The average Bonchev–Trinajstić information content (AvgIpc) is 3.60. The van der Waals surface area contributed by atoms with Crippen LogP contribution < -0.4 is 10.4 Å². The number of alkyl halides is 5.